The summed E-state index contributed by atoms with van der Waals surface area (Å²) in [5.41, 5.74) is 3.21. The van der Waals surface area contributed by atoms with Crippen molar-refractivity contribution < 1.29 is 9.53 Å². The highest BCUT2D eigenvalue weighted by Crippen LogP contribution is 2.40. The Bertz CT molecular complexity index is 1020. The van der Waals surface area contributed by atoms with E-state index in [9.17, 15) is 9.59 Å². The van der Waals surface area contributed by atoms with Crippen LogP contribution in [-0.4, -0.2) is 11.0 Å². The molecule has 0 fully saturated rings. The van der Waals surface area contributed by atoms with Crippen LogP contribution in [0.15, 0.2) is 53.3 Å². The van der Waals surface area contributed by atoms with Gasteiger partial charge in [-0.15, -0.1) is 0 Å². The number of aromatic nitrogens is 1. The number of nitrogens with one attached hydrogen (secondary N) is 1. The van der Waals surface area contributed by atoms with Gasteiger partial charge in [-0.1, -0.05) is 50.2 Å². The second-order valence-corrected chi connectivity index (χ2v) is 6.79. The van der Waals surface area contributed by atoms with E-state index in [1.165, 1.54) is 5.56 Å². The number of aromatic amines is 1. The number of benzene rings is 2. The number of para-hydroxylation sites is 1. The molecule has 0 saturated heterocycles. The minimum Gasteiger partial charge on any atom is -0.425 e. The Hall–Kier alpha value is -2.88. The zero-order valence-corrected chi connectivity index (χ0v) is 14.2. The van der Waals surface area contributed by atoms with E-state index in [0.717, 1.165) is 10.9 Å². The van der Waals surface area contributed by atoms with E-state index in [1.54, 1.807) is 0 Å². The maximum atomic E-state index is 12.7. The molecule has 4 heteroatoms. The van der Waals surface area contributed by atoms with Crippen molar-refractivity contribution in [3.63, 3.8) is 0 Å². The fourth-order valence-corrected chi connectivity index (χ4v) is 3.48. The van der Waals surface area contributed by atoms with Crippen molar-refractivity contribution in [1.29, 1.82) is 0 Å². The maximum Gasteiger partial charge on any atom is 0.312 e. The Morgan fingerprint density at radius 2 is 1.76 bits per heavy atom. The first kappa shape index (κ1) is 15.6. The zero-order valence-electron chi connectivity index (χ0n) is 14.2. The molecule has 1 unspecified atom stereocenters. The molecule has 0 radical (unpaired) electrons. The molecule has 1 aromatic heterocycles. The molecule has 2 aromatic carbocycles. The summed E-state index contributed by atoms with van der Waals surface area (Å²) >= 11 is 0. The van der Waals surface area contributed by atoms with E-state index < -0.39 is 0 Å². The first-order chi connectivity index (χ1) is 12.0. The lowest BCUT2D eigenvalue weighted by molar-refractivity contribution is -0.135. The van der Waals surface area contributed by atoms with Crippen LogP contribution in [0.5, 0.6) is 5.75 Å². The number of esters is 1. The quantitative estimate of drug-likeness (QED) is 0.719. The summed E-state index contributed by atoms with van der Waals surface area (Å²) in [7, 11) is 0. The molecule has 1 aliphatic heterocycles. The molecule has 4 nitrogen and oxygen atoms in total. The second-order valence-electron chi connectivity index (χ2n) is 6.79. The van der Waals surface area contributed by atoms with Crippen LogP contribution in [0.4, 0.5) is 0 Å². The molecule has 2 heterocycles. The topological polar surface area (TPSA) is 59.2 Å². The predicted octanol–water partition coefficient (Wildman–Crippen LogP) is 4.09. The third-order valence-electron chi connectivity index (χ3n) is 4.85. The number of H-pyrrole nitrogens is 1. The summed E-state index contributed by atoms with van der Waals surface area (Å²) in [5.74, 6) is 0.241. The summed E-state index contributed by atoms with van der Waals surface area (Å²) in [6.07, 6.45) is 0.176. The molecular formula is C21H19NO3. The van der Waals surface area contributed by atoms with Gasteiger partial charge in [0.1, 0.15) is 5.75 Å². The smallest absolute Gasteiger partial charge is 0.312 e. The zero-order chi connectivity index (χ0) is 17.6. The maximum absolute atomic E-state index is 12.7. The molecule has 0 aliphatic carbocycles. The summed E-state index contributed by atoms with van der Waals surface area (Å²) < 4.78 is 5.48. The van der Waals surface area contributed by atoms with Crippen LogP contribution >= 0.6 is 0 Å². The van der Waals surface area contributed by atoms with Crippen LogP contribution in [0.3, 0.4) is 0 Å². The van der Waals surface area contributed by atoms with Gasteiger partial charge in [0, 0.05) is 11.3 Å². The van der Waals surface area contributed by atoms with Gasteiger partial charge in [0.25, 0.3) is 5.56 Å². The number of fused-ring (bicyclic) bond motifs is 3. The Balaban J connectivity index is 1.91. The van der Waals surface area contributed by atoms with Crippen molar-refractivity contribution >= 4 is 16.9 Å². The molecular weight excluding hydrogens is 314 g/mol. The molecule has 126 valence electrons. The lowest BCUT2D eigenvalue weighted by atomic mass is 9.85. The summed E-state index contributed by atoms with van der Waals surface area (Å²) in [5, 5.41) is 0.758. The summed E-state index contributed by atoms with van der Waals surface area (Å²) in [6.45, 7) is 4.28. The molecule has 1 N–H and O–H groups in total. The monoisotopic (exact) mass is 333 g/mol. The van der Waals surface area contributed by atoms with Crippen molar-refractivity contribution in [3.8, 4) is 5.75 Å². The van der Waals surface area contributed by atoms with Crippen LogP contribution in [0.2, 0.25) is 0 Å². The molecule has 25 heavy (non-hydrogen) atoms. The van der Waals surface area contributed by atoms with Crippen molar-refractivity contribution in [1.82, 2.24) is 4.98 Å². The molecule has 0 spiro atoms. The number of ether oxygens (including phenoxy) is 1. The van der Waals surface area contributed by atoms with Crippen LogP contribution in [0.1, 0.15) is 48.8 Å². The number of rotatable bonds is 2. The average Bonchev–Trinajstić information content (AvgIpc) is 2.61. The molecule has 1 aliphatic rings. The Morgan fingerprint density at radius 3 is 2.48 bits per heavy atom. The van der Waals surface area contributed by atoms with Gasteiger partial charge in [-0.3, -0.25) is 9.59 Å². The van der Waals surface area contributed by atoms with Gasteiger partial charge in [-0.05, 0) is 29.2 Å². The van der Waals surface area contributed by atoms with Crippen molar-refractivity contribution in [2.45, 2.75) is 32.1 Å². The predicted molar refractivity (Wildman–Crippen MR) is 97.2 cm³/mol. The van der Waals surface area contributed by atoms with E-state index in [-0.39, 0.29) is 23.9 Å². The lowest BCUT2D eigenvalue weighted by Gasteiger charge is -2.25. The molecule has 1 atom stereocenters. The van der Waals surface area contributed by atoms with Crippen molar-refractivity contribution in [2.24, 2.45) is 0 Å². The molecule has 4 rings (SSSR count). The molecule has 0 bridgehead atoms. The highest BCUT2D eigenvalue weighted by atomic mass is 16.5. The van der Waals surface area contributed by atoms with Crippen LogP contribution < -0.4 is 10.3 Å². The fourth-order valence-electron chi connectivity index (χ4n) is 3.48. The van der Waals surface area contributed by atoms with E-state index in [4.69, 9.17) is 4.74 Å². The third kappa shape index (κ3) is 2.64. The Labute approximate surface area is 145 Å². The normalized spacial score (nSPS) is 16.8. The van der Waals surface area contributed by atoms with E-state index in [1.807, 2.05) is 36.4 Å². The van der Waals surface area contributed by atoms with Gasteiger partial charge in [0.2, 0.25) is 0 Å². The highest BCUT2D eigenvalue weighted by Gasteiger charge is 2.32. The van der Waals surface area contributed by atoms with Gasteiger partial charge >= 0.3 is 5.97 Å². The van der Waals surface area contributed by atoms with E-state index >= 15 is 0 Å². The second kappa shape index (κ2) is 5.88. The first-order valence-corrected chi connectivity index (χ1v) is 8.50. The van der Waals surface area contributed by atoms with Crippen molar-refractivity contribution in [3.05, 3.63) is 75.6 Å². The minimum absolute atomic E-state index is 0.176. The Morgan fingerprint density at radius 1 is 1.04 bits per heavy atom. The van der Waals surface area contributed by atoms with Gasteiger partial charge in [0.05, 0.1) is 17.5 Å². The van der Waals surface area contributed by atoms with E-state index in [0.29, 0.717) is 22.7 Å². The van der Waals surface area contributed by atoms with Gasteiger partial charge < -0.3 is 9.72 Å². The van der Waals surface area contributed by atoms with Crippen molar-refractivity contribution in [2.75, 3.05) is 0 Å². The standard InChI is InChI=1S/C21H19NO3/c1-12(2)13-7-9-14(10-8-13)16-11-18(23)25-20-15-5-3-4-6-17(15)22-21(24)19(16)20/h3-10,12,16H,11H2,1-2H3,(H,22,24). The molecule has 0 amide bonds. The number of carbonyl (C=O) groups is 1. The number of carbonyl (C=O) groups excluding carboxylic acids is 1. The van der Waals surface area contributed by atoms with Gasteiger partial charge in [-0.25, -0.2) is 0 Å². The minimum atomic E-state index is -0.304. The lowest BCUT2D eigenvalue weighted by Crippen LogP contribution is -2.28. The van der Waals surface area contributed by atoms with Gasteiger partial charge in [-0.2, -0.15) is 0 Å². The summed E-state index contributed by atoms with van der Waals surface area (Å²) in [4.78, 5) is 27.8. The SMILES string of the molecule is CC(C)c1ccc(C2CC(=O)Oc3c2c(=O)[nH]c2ccccc32)cc1. The van der Waals surface area contributed by atoms with Crippen LogP contribution in [-0.2, 0) is 4.79 Å². The molecule has 0 saturated carbocycles. The Kier molecular flexibility index (Phi) is 3.68. The molecule has 3 aromatic rings. The van der Waals surface area contributed by atoms with E-state index in [2.05, 4.69) is 31.0 Å². The van der Waals surface area contributed by atoms with Gasteiger partial charge in [0.15, 0.2) is 0 Å². The summed E-state index contributed by atoms with van der Waals surface area (Å²) in [6, 6.07) is 15.5. The number of hydrogen-bond donors (Lipinski definition) is 1. The van der Waals surface area contributed by atoms with Crippen LogP contribution in [0, 0.1) is 0 Å². The largest absolute Gasteiger partial charge is 0.425 e. The average molecular weight is 333 g/mol. The highest BCUT2D eigenvalue weighted by molar-refractivity contribution is 5.91. The fraction of sp³-hybridized carbons (Fsp3) is 0.238. The third-order valence-corrected chi connectivity index (χ3v) is 4.85. The van der Waals surface area contributed by atoms with Crippen LogP contribution in [0.25, 0.3) is 10.9 Å². The number of pyridine rings is 1. The first-order valence-electron chi connectivity index (χ1n) is 8.50. The number of hydrogen-bond acceptors (Lipinski definition) is 3.